The SMILES string of the molecule is CC1=NN(c2cccc(C)c2)C(=O)/C1=C\c1c(C)[nH]n(-c2ccccc2)c1=O. The predicted octanol–water partition coefficient (Wildman–Crippen LogP) is 3.59. The van der Waals surface area contributed by atoms with Gasteiger partial charge in [0.15, 0.2) is 0 Å². The number of hydrogen-bond donors (Lipinski definition) is 1. The van der Waals surface area contributed by atoms with Crippen LogP contribution in [0.2, 0.25) is 0 Å². The van der Waals surface area contributed by atoms with E-state index in [0.717, 1.165) is 11.3 Å². The Morgan fingerprint density at radius 3 is 2.36 bits per heavy atom. The van der Waals surface area contributed by atoms with E-state index in [1.807, 2.05) is 68.4 Å². The van der Waals surface area contributed by atoms with Crippen LogP contribution in [0.15, 0.2) is 70.1 Å². The molecule has 28 heavy (non-hydrogen) atoms. The monoisotopic (exact) mass is 372 g/mol. The summed E-state index contributed by atoms with van der Waals surface area (Å²) in [6, 6.07) is 16.9. The van der Waals surface area contributed by atoms with Crippen molar-refractivity contribution < 1.29 is 4.79 Å². The first-order valence-corrected chi connectivity index (χ1v) is 9.01. The molecule has 0 aliphatic carbocycles. The summed E-state index contributed by atoms with van der Waals surface area (Å²) in [5.41, 5.74) is 4.43. The number of H-pyrrole nitrogens is 1. The third-order valence-electron chi connectivity index (χ3n) is 4.73. The van der Waals surface area contributed by atoms with Crippen molar-refractivity contribution >= 4 is 23.4 Å². The molecule has 6 heteroatoms. The van der Waals surface area contributed by atoms with Crippen molar-refractivity contribution in [3.05, 3.63) is 87.3 Å². The zero-order valence-electron chi connectivity index (χ0n) is 15.9. The highest BCUT2D eigenvalue weighted by atomic mass is 16.2. The lowest BCUT2D eigenvalue weighted by Gasteiger charge is -2.12. The molecule has 0 atom stereocenters. The number of aromatic nitrogens is 2. The summed E-state index contributed by atoms with van der Waals surface area (Å²) in [6.45, 7) is 5.56. The second kappa shape index (κ2) is 6.81. The van der Waals surface area contributed by atoms with Gasteiger partial charge in [0.25, 0.3) is 11.5 Å². The Labute approximate surface area is 162 Å². The molecule has 4 rings (SSSR count). The van der Waals surface area contributed by atoms with E-state index in [1.54, 1.807) is 13.0 Å². The van der Waals surface area contributed by atoms with E-state index in [4.69, 9.17) is 0 Å². The van der Waals surface area contributed by atoms with Crippen molar-refractivity contribution in [2.45, 2.75) is 20.8 Å². The van der Waals surface area contributed by atoms with Crippen molar-refractivity contribution in [3.63, 3.8) is 0 Å². The maximum absolute atomic E-state index is 13.0. The minimum atomic E-state index is -0.241. The number of nitrogens with zero attached hydrogens (tertiary/aromatic N) is 3. The van der Waals surface area contributed by atoms with Crippen LogP contribution in [-0.4, -0.2) is 21.4 Å². The summed E-state index contributed by atoms with van der Waals surface area (Å²) in [5, 5.41) is 8.85. The lowest BCUT2D eigenvalue weighted by molar-refractivity contribution is -0.114. The van der Waals surface area contributed by atoms with Crippen molar-refractivity contribution in [2.24, 2.45) is 5.10 Å². The molecule has 140 valence electrons. The summed E-state index contributed by atoms with van der Waals surface area (Å²) in [4.78, 5) is 25.9. The predicted molar refractivity (Wildman–Crippen MR) is 111 cm³/mol. The molecule has 1 aliphatic heterocycles. The van der Waals surface area contributed by atoms with E-state index in [0.29, 0.717) is 28.2 Å². The molecular weight excluding hydrogens is 352 g/mol. The molecule has 1 amide bonds. The first kappa shape index (κ1) is 17.7. The summed E-state index contributed by atoms with van der Waals surface area (Å²) in [5.74, 6) is -0.241. The third kappa shape index (κ3) is 2.99. The number of carbonyl (C=O) groups excluding carboxylic acids is 1. The highest BCUT2D eigenvalue weighted by molar-refractivity contribution is 6.32. The van der Waals surface area contributed by atoms with Crippen molar-refractivity contribution in [1.82, 2.24) is 9.78 Å². The molecule has 2 aromatic carbocycles. The van der Waals surface area contributed by atoms with Crippen LogP contribution in [0, 0.1) is 13.8 Å². The topological polar surface area (TPSA) is 70.5 Å². The Morgan fingerprint density at radius 1 is 0.929 bits per heavy atom. The highest BCUT2D eigenvalue weighted by Crippen LogP contribution is 2.25. The number of aryl methyl sites for hydroxylation is 2. The number of aromatic amines is 1. The Bertz CT molecular complexity index is 1180. The Kier molecular flexibility index (Phi) is 4.31. The lowest BCUT2D eigenvalue weighted by Crippen LogP contribution is -2.22. The molecule has 6 nitrogen and oxygen atoms in total. The smallest absolute Gasteiger partial charge is 0.280 e. The fourth-order valence-corrected chi connectivity index (χ4v) is 3.25. The second-order valence-corrected chi connectivity index (χ2v) is 6.83. The van der Waals surface area contributed by atoms with E-state index in [1.165, 1.54) is 9.69 Å². The highest BCUT2D eigenvalue weighted by Gasteiger charge is 2.29. The molecule has 1 N–H and O–H groups in total. The molecule has 1 aliphatic rings. The number of nitrogens with one attached hydrogen (secondary N) is 1. The lowest BCUT2D eigenvalue weighted by atomic mass is 10.1. The zero-order valence-corrected chi connectivity index (χ0v) is 15.9. The molecule has 0 bridgehead atoms. The quantitative estimate of drug-likeness (QED) is 0.714. The van der Waals surface area contributed by atoms with E-state index in [2.05, 4.69) is 10.2 Å². The van der Waals surface area contributed by atoms with Gasteiger partial charge in [-0.3, -0.25) is 14.7 Å². The summed E-state index contributed by atoms with van der Waals surface area (Å²) in [7, 11) is 0. The van der Waals surface area contributed by atoms with Crippen LogP contribution in [0.1, 0.15) is 23.7 Å². The number of rotatable bonds is 3. The van der Waals surface area contributed by atoms with Gasteiger partial charge in [-0.25, -0.2) is 4.68 Å². The normalized spacial score (nSPS) is 15.4. The van der Waals surface area contributed by atoms with Crippen molar-refractivity contribution in [1.29, 1.82) is 0 Å². The molecule has 3 aromatic rings. The van der Waals surface area contributed by atoms with Crippen LogP contribution in [-0.2, 0) is 4.79 Å². The van der Waals surface area contributed by atoms with Gasteiger partial charge in [0.05, 0.1) is 28.2 Å². The average molecular weight is 372 g/mol. The largest absolute Gasteiger partial charge is 0.295 e. The van der Waals surface area contributed by atoms with Crippen molar-refractivity contribution in [3.8, 4) is 5.69 Å². The van der Waals surface area contributed by atoms with E-state index < -0.39 is 0 Å². The molecule has 0 unspecified atom stereocenters. The Balaban J connectivity index is 1.74. The van der Waals surface area contributed by atoms with Crippen LogP contribution in [0.25, 0.3) is 11.8 Å². The molecule has 0 saturated carbocycles. The molecular formula is C22H20N4O2. The Hall–Kier alpha value is -3.67. The maximum Gasteiger partial charge on any atom is 0.280 e. The number of anilines is 1. The molecule has 0 spiro atoms. The molecule has 2 heterocycles. The van der Waals surface area contributed by atoms with Crippen LogP contribution in [0.4, 0.5) is 5.69 Å². The minimum absolute atomic E-state index is 0.203. The van der Waals surface area contributed by atoms with Crippen LogP contribution < -0.4 is 10.6 Å². The van der Waals surface area contributed by atoms with Gasteiger partial charge in [-0.05, 0) is 56.7 Å². The van der Waals surface area contributed by atoms with Crippen LogP contribution >= 0.6 is 0 Å². The standard InChI is InChI=1S/C22H20N4O2/c1-14-8-7-11-18(12-14)26-22(28)20(16(3)24-26)13-19-15(2)23-25(21(19)27)17-9-5-4-6-10-17/h4-13,23H,1-3H3/b20-13-. The number of hydrogen-bond acceptors (Lipinski definition) is 3. The Morgan fingerprint density at radius 2 is 1.64 bits per heavy atom. The summed E-state index contributed by atoms with van der Waals surface area (Å²) in [6.07, 6.45) is 1.63. The van der Waals surface area contributed by atoms with Gasteiger partial charge in [0, 0.05) is 5.69 Å². The van der Waals surface area contributed by atoms with Gasteiger partial charge < -0.3 is 0 Å². The van der Waals surface area contributed by atoms with Gasteiger partial charge in [-0.2, -0.15) is 10.1 Å². The van der Waals surface area contributed by atoms with Gasteiger partial charge >= 0.3 is 0 Å². The zero-order chi connectivity index (χ0) is 19.8. The van der Waals surface area contributed by atoms with Gasteiger partial charge in [-0.1, -0.05) is 30.3 Å². The molecule has 0 radical (unpaired) electrons. The summed E-state index contributed by atoms with van der Waals surface area (Å²) < 4.78 is 1.48. The fraction of sp³-hybridized carbons (Fsp3) is 0.136. The number of benzene rings is 2. The fourth-order valence-electron chi connectivity index (χ4n) is 3.25. The summed E-state index contributed by atoms with van der Waals surface area (Å²) >= 11 is 0. The average Bonchev–Trinajstić information content (AvgIpc) is 3.13. The second-order valence-electron chi connectivity index (χ2n) is 6.83. The maximum atomic E-state index is 13.0. The first-order chi connectivity index (χ1) is 13.5. The van der Waals surface area contributed by atoms with E-state index in [9.17, 15) is 9.59 Å². The number of carbonyl (C=O) groups is 1. The number of para-hydroxylation sites is 1. The van der Waals surface area contributed by atoms with Gasteiger partial charge in [-0.15, -0.1) is 0 Å². The molecule has 1 aromatic heterocycles. The van der Waals surface area contributed by atoms with E-state index >= 15 is 0 Å². The third-order valence-corrected chi connectivity index (χ3v) is 4.73. The first-order valence-electron chi connectivity index (χ1n) is 9.01. The van der Waals surface area contributed by atoms with Crippen molar-refractivity contribution in [2.75, 3.05) is 5.01 Å². The molecule has 0 fully saturated rings. The van der Waals surface area contributed by atoms with Gasteiger partial charge in [0.2, 0.25) is 0 Å². The number of amides is 1. The molecule has 0 saturated heterocycles. The minimum Gasteiger partial charge on any atom is -0.295 e. The van der Waals surface area contributed by atoms with Gasteiger partial charge in [0.1, 0.15) is 0 Å². The van der Waals surface area contributed by atoms with Crippen LogP contribution in [0.3, 0.4) is 0 Å². The van der Waals surface area contributed by atoms with E-state index in [-0.39, 0.29) is 11.5 Å². The van der Waals surface area contributed by atoms with Crippen LogP contribution in [0.5, 0.6) is 0 Å². The number of hydrazone groups is 1.